The fourth-order valence-corrected chi connectivity index (χ4v) is 1.38. The van der Waals surface area contributed by atoms with Gasteiger partial charge in [-0.2, -0.15) is 0 Å². The summed E-state index contributed by atoms with van der Waals surface area (Å²) in [4.78, 5) is 2.19. The minimum Gasteiger partial charge on any atom is -0.358 e. The molecule has 1 nitrogen and oxygen atoms in total. The van der Waals surface area contributed by atoms with Crippen LogP contribution in [0.25, 0.3) is 0 Å². The number of hydrogen-bond acceptors (Lipinski definition) is 1. The van der Waals surface area contributed by atoms with E-state index < -0.39 is 0 Å². The molecule has 0 aliphatic rings. The normalized spacial score (nSPS) is 9.15. The third kappa shape index (κ3) is 10.2. The van der Waals surface area contributed by atoms with E-state index in [0.717, 1.165) is 17.4 Å². The predicted octanol–water partition coefficient (Wildman–Crippen LogP) is 2.72. The summed E-state index contributed by atoms with van der Waals surface area (Å²) in [5.41, 5.74) is 0. The van der Waals surface area contributed by atoms with Crippen LogP contribution < -0.4 is 0 Å². The van der Waals surface area contributed by atoms with Crippen LogP contribution in [0.15, 0.2) is 0 Å². The molecule has 0 saturated carbocycles. The number of nitrogens with zero attached hydrogens (tertiary/aromatic N) is 1. The van der Waals surface area contributed by atoms with Gasteiger partial charge >= 0.3 is 0 Å². The molecule has 0 fully saturated rings. The second kappa shape index (κ2) is 11.9. The van der Waals surface area contributed by atoms with E-state index in [0.29, 0.717) is 0 Å². The van der Waals surface area contributed by atoms with E-state index in [1.54, 1.807) is 0 Å². The van der Waals surface area contributed by atoms with Crippen molar-refractivity contribution >= 4 is 80.6 Å². The average molecular weight is 244 g/mol. The van der Waals surface area contributed by atoms with Crippen molar-refractivity contribution in [1.29, 1.82) is 0 Å². The molecule has 0 aromatic carbocycles. The van der Waals surface area contributed by atoms with Crippen LogP contribution in [-0.4, -0.2) is 73.7 Å². The molecule has 0 atom stereocenters. The second-order valence-corrected chi connectivity index (χ2v) is 4.09. The summed E-state index contributed by atoms with van der Waals surface area (Å²) in [6, 6.07) is 0. The molecule has 1 radical (unpaired) electrons. The van der Waals surface area contributed by atoms with Crippen molar-refractivity contribution in [2.75, 3.05) is 13.1 Å². The Morgan fingerprint density at radius 3 is 1.77 bits per heavy atom. The molecule has 0 aromatic heterocycles. The zero-order valence-corrected chi connectivity index (χ0v) is 13.9. The third-order valence-electron chi connectivity index (χ3n) is 1.83. The number of thiocarbonyl (C=S) groups is 1. The molecular formula is C9H19KNS2. The molecule has 0 saturated heterocycles. The van der Waals surface area contributed by atoms with E-state index in [4.69, 9.17) is 12.2 Å². The van der Waals surface area contributed by atoms with Crippen LogP contribution >= 0.6 is 24.8 Å². The van der Waals surface area contributed by atoms with Crippen molar-refractivity contribution in [3.63, 3.8) is 0 Å². The smallest absolute Gasteiger partial charge is 0.133 e. The minimum absolute atomic E-state index is 0. The monoisotopic (exact) mass is 244 g/mol. The van der Waals surface area contributed by atoms with Crippen molar-refractivity contribution < 1.29 is 0 Å². The van der Waals surface area contributed by atoms with Crippen molar-refractivity contribution in [3.05, 3.63) is 0 Å². The SMILES string of the molecule is CCCCN(CCCC)C(=S)S.[K]. The van der Waals surface area contributed by atoms with Crippen molar-refractivity contribution in [1.82, 2.24) is 4.90 Å². The van der Waals surface area contributed by atoms with Gasteiger partial charge in [-0.05, 0) is 12.8 Å². The van der Waals surface area contributed by atoms with Crippen molar-refractivity contribution in [3.8, 4) is 0 Å². The first kappa shape index (κ1) is 17.3. The zero-order chi connectivity index (χ0) is 9.40. The Morgan fingerprint density at radius 2 is 1.54 bits per heavy atom. The minimum atomic E-state index is 0. The van der Waals surface area contributed by atoms with Gasteiger partial charge < -0.3 is 4.90 Å². The first-order valence-corrected chi connectivity index (χ1v) is 5.55. The molecule has 0 N–H and O–H groups in total. The largest absolute Gasteiger partial charge is 0.358 e. The summed E-state index contributed by atoms with van der Waals surface area (Å²) in [6.45, 7) is 6.52. The summed E-state index contributed by atoms with van der Waals surface area (Å²) >= 11 is 9.23. The van der Waals surface area contributed by atoms with E-state index in [9.17, 15) is 0 Å². The van der Waals surface area contributed by atoms with E-state index in [2.05, 4.69) is 31.4 Å². The van der Waals surface area contributed by atoms with Crippen LogP contribution in [0.4, 0.5) is 0 Å². The van der Waals surface area contributed by atoms with E-state index in [1.807, 2.05) is 0 Å². The van der Waals surface area contributed by atoms with Gasteiger partial charge in [-0.3, -0.25) is 0 Å². The molecule has 0 bridgehead atoms. The van der Waals surface area contributed by atoms with Gasteiger partial charge in [0, 0.05) is 64.5 Å². The predicted molar refractivity (Wildman–Crippen MR) is 68.7 cm³/mol. The maximum atomic E-state index is 5.03. The van der Waals surface area contributed by atoms with E-state index >= 15 is 0 Å². The van der Waals surface area contributed by atoms with Crippen LogP contribution in [0.3, 0.4) is 0 Å². The molecule has 0 spiro atoms. The summed E-state index contributed by atoms with van der Waals surface area (Å²) in [5.74, 6) is 0. The van der Waals surface area contributed by atoms with Gasteiger partial charge in [0.1, 0.15) is 4.32 Å². The molecule has 0 amide bonds. The third-order valence-corrected chi connectivity index (χ3v) is 2.37. The van der Waals surface area contributed by atoms with E-state index in [1.165, 1.54) is 25.7 Å². The summed E-state index contributed by atoms with van der Waals surface area (Å²) in [6.07, 6.45) is 4.87. The first-order chi connectivity index (χ1) is 5.72. The summed E-state index contributed by atoms with van der Waals surface area (Å²) < 4.78 is 0.747. The number of thiol groups is 1. The second-order valence-electron chi connectivity index (χ2n) is 2.98. The number of hydrogen-bond donors (Lipinski definition) is 1. The summed E-state index contributed by atoms with van der Waals surface area (Å²) in [5, 5.41) is 0. The molecule has 4 heteroatoms. The Labute approximate surface area is 136 Å². The molecule has 0 aromatic rings. The molecular weight excluding hydrogens is 225 g/mol. The fraction of sp³-hybridized carbons (Fsp3) is 0.889. The van der Waals surface area contributed by atoms with Crippen LogP contribution in [-0.2, 0) is 0 Å². The van der Waals surface area contributed by atoms with E-state index in [-0.39, 0.29) is 51.4 Å². The Morgan fingerprint density at radius 1 is 1.15 bits per heavy atom. The standard InChI is InChI=1S/C9H19NS2.K/c1-3-5-7-10(9(11)12)8-6-4-2;/h3-8H2,1-2H3,(H,11,12);. The zero-order valence-electron chi connectivity index (χ0n) is 9.05. The number of unbranched alkanes of at least 4 members (excludes halogenated alkanes) is 2. The quantitative estimate of drug-likeness (QED) is 0.435. The van der Waals surface area contributed by atoms with Crippen LogP contribution in [0.2, 0.25) is 0 Å². The molecule has 13 heavy (non-hydrogen) atoms. The van der Waals surface area contributed by atoms with Crippen LogP contribution in [0.1, 0.15) is 39.5 Å². The molecule has 0 rings (SSSR count). The molecule has 73 valence electrons. The van der Waals surface area contributed by atoms with Gasteiger partial charge in [0.25, 0.3) is 0 Å². The van der Waals surface area contributed by atoms with Gasteiger partial charge in [0.05, 0.1) is 0 Å². The molecule has 0 aliphatic carbocycles. The molecule has 0 heterocycles. The van der Waals surface area contributed by atoms with Gasteiger partial charge in [0.2, 0.25) is 0 Å². The average Bonchev–Trinajstić information content (AvgIpc) is 2.04. The Balaban J connectivity index is 0. The van der Waals surface area contributed by atoms with Crippen molar-refractivity contribution in [2.45, 2.75) is 39.5 Å². The van der Waals surface area contributed by atoms with Crippen molar-refractivity contribution in [2.24, 2.45) is 0 Å². The van der Waals surface area contributed by atoms with Crippen LogP contribution in [0, 0.1) is 0 Å². The topological polar surface area (TPSA) is 3.24 Å². The molecule has 0 aliphatic heterocycles. The van der Waals surface area contributed by atoms with Gasteiger partial charge in [-0.25, -0.2) is 0 Å². The number of rotatable bonds is 6. The summed E-state index contributed by atoms with van der Waals surface area (Å²) in [7, 11) is 0. The van der Waals surface area contributed by atoms with Gasteiger partial charge in [-0.15, -0.1) is 12.6 Å². The van der Waals surface area contributed by atoms with Gasteiger partial charge in [0.15, 0.2) is 0 Å². The Bertz CT molecular complexity index is 123. The Hall–Kier alpha value is 1.88. The maximum absolute atomic E-state index is 5.03. The molecule has 0 unspecified atom stereocenters. The van der Waals surface area contributed by atoms with Gasteiger partial charge in [-0.1, -0.05) is 38.9 Å². The fourth-order valence-electron chi connectivity index (χ4n) is 1.00. The maximum Gasteiger partial charge on any atom is 0.133 e. The first-order valence-electron chi connectivity index (χ1n) is 4.70. The Kier molecular flexibility index (Phi) is 15.9. The van der Waals surface area contributed by atoms with Crippen LogP contribution in [0.5, 0.6) is 0 Å².